The van der Waals surface area contributed by atoms with E-state index in [4.69, 9.17) is 0 Å². The van der Waals surface area contributed by atoms with Crippen LogP contribution in [0, 0.1) is 5.92 Å². The topological polar surface area (TPSA) is 24.9 Å². The first-order valence-corrected chi connectivity index (χ1v) is 8.06. The molecule has 1 aliphatic carbocycles. The average Bonchev–Trinajstić information content (AvgIpc) is 2.37. The van der Waals surface area contributed by atoms with Crippen LogP contribution in [0.1, 0.15) is 31.4 Å². The van der Waals surface area contributed by atoms with E-state index >= 15 is 0 Å². The summed E-state index contributed by atoms with van der Waals surface area (Å²) in [4.78, 5) is 4.21. The van der Waals surface area contributed by atoms with Gasteiger partial charge in [0.2, 0.25) is 0 Å². The summed E-state index contributed by atoms with van der Waals surface area (Å²) in [6, 6.07) is 1.33. The Bertz CT molecular complexity index is 465. The maximum Gasteiger partial charge on any atom is 0.393 e. The SMILES string of the molecule is FC(F)(F)C1CCCCC1NCc1ncc(Br)cc1Br. The Morgan fingerprint density at radius 3 is 2.60 bits per heavy atom. The summed E-state index contributed by atoms with van der Waals surface area (Å²) in [5, 5.41) is 3.03. The van der Waals surface area contributed by atoms with Gasteiger partial charge in [0.1, 0.15) is 0 Å². The Kier molecular flexibility index (Phi) is 5.48. The Morgan fingerprint density at radius 2 is 1.95 bits per heavy atom. The van der Waals surface area contributed by atoms with Crippen LogP contribution in [0.3, 0.4) is 0 Å². The molecule has 1 fully saturated rings. The number of aromatic nitrogens is 1. The van der Waals surface area contributed by atoms with Crippen LogP contribution in [0.25, 0.3) is 0 Å². The van der Waals surface area contributed by atoms with Crippen molar-refractivity contribution in [2.45, 2.75) is 44.4 Å². The second-order valence-electron chi connectivity index (χ2n) is 5.00. The average molecular weight is 416 g/mol. The quantitative estimate of drug-likeness (QED) is 0.765. The van der Waals surface area contributed by atoms with Crippen molar-refractivity contribution >= 4 is 31.9 Å². The molecule has 1 N–H and O–H groups in total. The molecule has 0 saturated heterocycles. The summed E-state index contributed by atoms with van der Waals surface area (Å²) >= 11 is 6.67. The molecule has 20 heavy (non-hydrogen) atoms. The Hall–Kier alpha value is -0.140. The second-order valence-corrected chi connectivity index (χ2v) is 6.77. The molecule has 7 heteroatoms. The molecule has 0 bridgehead atoms. The number of pyridine rings is 1. The monoisotopic (exact) mass is 414 g/mol. The van der Waals surface area contributed by atoms with E-state index in [1.165, 1.54) is 0 Å². The normalized spacial score (nSPS) is 23.9. The predicted molar refractivity (Wildman–Crippen MR) is 78.3 cm³/mol. The summed E-state index contributed by atoms with van der Waals surface area (Å²) in [7, 11) is 0. The summed E-state index contributed by atoms with van der Waals surface area (Å²) in [5.41, 5.74) is 0.722. The van der Waals surface area contributed by atoms with Crippen molar-refractivity contribution < 1.29 is 13.2 Å². The lowest BCUT2D eigenvalue weighted by atomic mass is 9.84. The molecule has 1 heterocycles. The highest BCUT2D eigenvalue weighted by Crippen LogP contribution is 2.37. The van der Waals surface area contributed by atoms with Crippen LogP contribution in [0.5, 0.6) is 0 Å². The van der Waals surface area contributed by atoms with Gasteiger partial charge in [-0.2, -0.15) is 13.2 Å². The highest BCUT2D eigenvalue weighted by Gasteiger charge is 2.45. The lowest BCUT2D eigenvalue weighted by Gasteiger charge is -2.33. The van der Waals surface area contributed by atoms with E-state index in [1.54, 1.807) is 6.20 Å². The fraction of sp³-hybridized carbons (Fsp3) is 0.615. The standard InChI is InChI=1S/C13H15Br2F3N2/c14-8-5-10(15)12(19-6-8)7-20-11-4-2-1-3-9(11)13(16,17)18/h5-6,9,11,20H,1-4,7H2. The maximum atomic E-state index is 13.0. The number of hydrogen-bond acceptors (Lipinski definition) is 2. The second kappa shape index (κ2) is 6.75. The molecule has 0 aromatic carbocycles. The van der Waals surface area contributed by atoms with Crippen molar-refractivity contribution in [2.75, 3.05) is 0 Å². The highest BCUT2D eigenvalue weighted by molar-refractivity contribution is 9.11. The maximum absolute atomic E-state index is 13.0. The minimum absolute atomic E-state index is 0.218. The van der Waals surface area contributed by atoms with Gasteiger partial charge in [-0.3, -0.25) is 4.98 Å². The van der Waals surface area contributed by atoms with E-state index in [0.717, 1.165) is 21.1 Å². The van der Waals surface area contributed by atoms with E-state index in [-0.39, 0.29) is 6.42 Å². The molecule has 1 aromatic heterocycles. The van der Waals surface area contributed by atoms with Gasteiger partial charge in [-0.05, 0) is 50.8 Å². The van der Waals surface area contributed by atoms with Crippen molar-refractivity contribution in [3.63, 3.8) is 0 Å². The molecule has 2 nitrogen and oxygen atoms in total. The van der Waals surface area contributed by atoms with Gasteiger partial charge in [0.25, 0.3) is 0 Å². The van der Waals surface area contributed by atoms with Crippen LogP contribution in [0.4, 0.5) is 13.2 Å². The van der Waals surface area contributed by atoms with E-state index in [0.29, 0.717) is 19.4 Å². The van der Waals surface area contributed by atoms with Crippen molar-refractivity contribution in [3.05, 3.63) is 26.9 Å². The zero-order valence-corrected chi connectivity index (χ0v) is 13.9. The van der Waals surface area contributed by atoms with Gasteiger partial charge in [0.05, 0.1) is 11.6 Å². The van der Waals surface area contributed by atoms with Crippen LogP contribution >= 0.6 is 31.9 Å². The first-order chi connectivity index (χ1) is 9.38. The number of rotatable bonds is 3. The Labute approximate surface area is 132 Å². The number of nitrogens with one attached hydrogen (secondary N) is 1. The molecular formula is C13H15Br2F3N2. The van der Waals surface area contributed by atoms with Crippen LogP contribution in [0.2, 0.25) is 0 Å². The van der Waals surface area contributed by atoms with Gasteiger partial charge in [-0.1, -0.05) is 12.8 Å². The Morgan fingerprint density at radius 1 is 1.25 bits per heavy atom. The minimum atomic E-state index is -4.12. The number of hydrogen-bond donors (Lipinski definition) is 1. The molecule has 0 radical (unpaired) electrons. The largest absolute Gasteiger partial charge is 0.393 e. The van der Waals surface area contributed by atoms with Gasteiger partial charge in [-0.15, -0.1) is 0 Å². The van der Waals surface area contributed by atoms with E-state index in [1.807, 2.05) is 6.07 Å². The summed E-state index contributed by atoms with van der Waals surface area (Å²) in [5.74, 6) is -1.24. The van der Waals surface area contributed by atoms with Gasteiger partial charge in [0, 0.05) is 27.7 Å². The fourth-order valence-corrected chi connectivity index (χ4v) is 3.70. The van der Waals surface area contributed by atoms with Crippen LogP contribution in [-0.2, 0) is 6.54 Å². The van der Waals surface area contributed by atoms with E-state index < -0.39 is 18.1 Å². The molecule has 1 aromatic rings. The molecule has 1 saturated carbocycles. The molecule has 2 unspecified atom stereocenters. The molecule has 0 aliphatic heterocycles. The van der Waals surface area contributed by atoms with E-state index in [9.17, 15) is 13.2 Å². The first-order valence-electron chi connectivity index (χ1n) is 6.48. The van der Waals surface area contributed by atoms with Gasteiger partial charge >= 0.3 is 6.18 Å². The number of nitrogens with zero attached hydrogens (tertiary/aromatic N) is 1. The predicted octanol–water partition coefficient (Wildman–Crippen LogP) is 4.82. The number of alkyl halides is 3. The van der Waals surface area contributed by atoms with Gasteiger partial charge in [-0.25, -0.2) is 0 Å². The summed E-state index contributed by atoms with van der Waals surface area (Å²) in [6.07, 6.45) is -0.192. The third kappa shape index (κ3) is 4.18. The zero-order valence-electron chi connectivity index (χ0n) is 10.7. The first kappa shape index (κ1) is 16.2. The van der Waals surface area contributed by atoms with Crippen molar-refractivity contribution in [1.29, 1.82) is 0 Å². The molecule has 0 spiro atoms. The summed E-state index contributed by atoms with van der Waals surface area (Å²) < 4.78 is 40.6. The lowest BCUT2D eigenvalue weighted by Crippen LogP contribution is -2.45. The molecule has 1 aliphatic rings. The van der Waals surface area contributed by atoms with Crippen LogP contribution in [-0.4, -0.2) is 17.2 Å². The molecule has 112 valence electrons. The van der Waals surface area contributed by atoms with E-state index in [2.05, 4.69) is 42.2 Å². The number of halogens is 5. The van der Waals surface area contributed by atoms with Gasteiger partial charge < -0.3 is 5.32 Å². The van der Waals surface area contributed by atoms with Crippen molar-refractivity contribution in [1.82, 2.24) is 10.3 Å². The van der Waals surface area contributed by atoms with Crippen molar-refractivity contribution in [3.8, 4) is 0 Å². The molecule has 2 rings (SSSR count). The third-order valence-corrected chi connectivity index (χ3v) is 4.72. The third-order valence-electron chi connectivity index (χ3n) is 3.60. The van der Waals surface area contributed by atoms with Gasteiger partial charge in [0.15, 0.2) is 0 Å². The van der Waals surface area contributed by atoms with Crippen LogP contribution < -0.4 is 5.32 Å². The highest BCUT2D eigenvalue weighted by atomic mass is 79.9. The minimum Gasteiger partial charge on any atom is -0.308 e. The van der Waals surface area contributed by atoms with Crippen LogP contribution in [0.15, 0.2) is 21.2 Å². The molecule has 2 atom stereocenters. The zero-order chi connectivity index (χ0) is 14.8. The van der Waals surface area contributed by atoms with Crippen molar-refractivity contribution in [2.24, 2.45) is 5.92 Å². The molecular weight excluding hydrogens is 401 g/mol. The summed E-state index contributed by atoms with van der Waals surface area (Å²) in [6.45, 7) is 0.338. The lowest BCUT2D eigenvalue weighted by molar-refractivity contribution is -0.189. The fourth-order valence-electron chi connectivity index (χ4n) is 2.57. The Balaban J connectivity index is 2.01. The molecule has 0 amide bonds. The smallest absolute Gasteiger partial charge is 0.308 e.